The Labute approximate surface area is 202 Å². The smallest absolute Gasteiger partial charge is 0.267 e. The Hall–Kier alpha value is -2.97. The van der Waals surface area contributed by atoms with Crippen molar-refractivity contribution in [3.05, 3.63) is 80.6 Å². The van der Waals surface area contributed by atoms with Gasteiger partial charge in [-0.05, 0) is 43.0 Å². The maximum absolute atomic E-state index is 13.5. The number of aryl methyl sites for hydroxylation is 1. The first-order valence-corrected chi connectivity index (χ1v) is 12.1. The van der Waals surface area contributed by atoms with Gasteiger partial charge in [0.05, 0.1) is 10.5 Å². The SMILES string of the molecule is Cc1cccn2c(=O)c(/C=C3\SC(=S)N(CC(C)C)C3=O)c(N[C@H](C)c3ccccc3)nc12. The molecule has 6 nitrogen and oxygen atoms in total. The lowest BCUT2D eigenvalue weighted by atomic mass is 10.1. The molecule has 1 amide bonds. The Kier molecular flexibility index (Phi) is 6.67. The number of hydrogen-bond acceptors (Lipinski definition) is 6. The number of nitrogens with zero attached hydrogens (tertiary/aromatic N) is 3. The number of rotatable bonds is 6. The first kappa shape index (κ1) is 23.2. The zero-order chi connectivity index (χ0) is 23.7. The third-order valence-corrected chi connectivity index (χ3v) is 6.81. The molecule has 1 aromatic carbocycles. The first-order chi connectivity index (χ1) is 15.8. The van der Waals surface area contributed by atoms with E-state index in [1.165, 1.54) is 16.2 Å². The normalized spacial score (nSPS) is 16.3. The largest absolute Gasteiger partial charge is 0.363 e. The van der Waals surface area contributed by atoms with Crippen LogP contribution < -0.4 is 10.9 Å². The van der Waals surface area contributed by atoms with E-state index in [0.717, 1.165) is 11.1 Å². The van der Waals surface area contributed by atoms with Crippen LogP contribution in [0.4, 0.5) is 5.82 Å². The third kappa shape index (κ3) is 4.72. The predicted octanol–water partition coefficient (Wildman–Crippen LogP) is 5.03. The van der Waals surface area contributed by atoms with Gasteiger partial charge in [-0.2, -0.15) is 0 Å². The summed E-state index contributed by atoms with van der Waals surface area (Å²) < 4.78 is 2.03. The summed E-state index contributed by atoms with van der Waals surface area (Å²) in [5.74, 6) is 0.556. The summed E-state index contributed by atoms with van der Waals surface area (Å²) in [5, 5.41) is 3.39. The monoisotopic (exact) mass is 478 g/mol. The highest BCUT2D eigenvalue weighted by Gasteiger charge is 2.33. The molecule has 0 bridgehead atoms. The topological polar surface area (TPSA) is 66.7 Å². The van der Waals surface area contributed by atoms with E-state index in [9.17, 15) is 9.59 Å². The molecule has 8 heteroatoms. The minimum Gasteiger partial charge on any atom is -0.363 e. The molecule has 1 fully saturated rings. The average molecular weight is 479 g/mol. The molecule has 170 valence electrons. The van der Waals surface area contributed by atoms with Crippen LogP contribution in [0.1, 0.15) is 43.5 Å². The molecule has 0 aliphatic carbocycles. The van der Waals surface area contributed by atoms with E-state index in [2.05, 4.69) is 5.32 Å². The number of thiocarbonyl (C=S) groups is 1. The zero-order valence-corrected chi connectivity index (χ0v) is 20.7. The second-order valence-electron chi connectivity index (χ2n) is 8.53. The number of hydrogen-bond donors (Lipinski definition) is 1. The first-order valence-electron chi connectivity index (χ1n) is 10.8. The van der Waals surface area contributed by atoms with E-state index >= 15 is 0 Å². The molecule has 3 heterocycles. The predicted molar refractivity (Wildman–Crippen MR) is 139 cm³/mol. The van der Waals surface area contributed by atoms with Crippen LogP contribution in [-0.2, 0) is 4.79 Å². The molecule has 33 heavy (non-hydrogen) atoms. The van der Waals surface area contributed by atoms with Crippen LogP contribution in [0, 0.1) is 12.8 Å². The maximum Gasteiger partial charge on any atom is 0.267 e. The highest BCUT2D eigenvalue weighted by Crippen LogP contribution is 2.34. The number of aromatic nitrogens is 2. The van der Waals surface area contributed by atoms with Gasteiger partial charge in [-0.15, -0.1) is 0 Å². The molecule has 0 unspecified atom stereocenters. The molecule has 1 atom stereocenters. The highest BCUT2D eigenvalue weighted by atomic mass is 32.2. The van der Waals surface area contributed by atoms with Crippen molar-refractivity contribution in [3.63, 3.8) is 0 Å². The van der Waals surface area contributed by atoms with Gasteiger partial charge in [0.2, 0.25) is 0 Å². The summed E-state index contributed by atoms with van der Waals surface area (Å²) in [6, 6.07) is 13.6. The van der Waals surface area contributed by atoms with Crippen molar-refractivity contribution in [2.45, 2.75) is 33.7 Å². The second-order valence-corrected chi connectivity index (χ2v) is 10.2. The second kappa shape index (κ2) is 9.49. The number of fused-ring (bicyclic) bond motifs is 1. The van der Waals surface area contributed by atoms with Crippen molar-refractivity contribution in [1.82, 2.24) is 14.3 Å². The summed E-state index contributed by atoms with van der Waals surface area (Å²) >= 11 is 6.66. The Morgan fingerprint density at radius 3 is 2.55 bits per heavy atom. The van der Waals surface area contributed by atoms with Crippen molar-refractivity contribution < 1.29 is 4.79 Å². The standard InChI is InChI=1S/C25H26N4O2S2/c1-15(2)14-29-24(31)20(33-25(29)32)13-19-21(26-17(4)18-10-6-5-7-11-18)27-22-16(3)9-8-12-28(22)23(19)30/h5-13,15,17,26H,14H2,1-4H3/b20-13-/t17-/m1/s1. The fourth-order valence-electron chi connectivity index (χ4n) is 3.74. The molecule has 3 aromatic rings. The van der Waals surface area contributed by atoms with Crippen molar-refractivity contribution >= 4 is 51.7 Å². The summed E-state index contributed by atoms with van der Waals surface area (Å²) in [6.45, 7) is 8.56. The van der Waals surface area contributed by atoms with Crippen LogP contribution in [0.3, 0.4) is 0 Å². The van der Waals surface area contributed by atoms with Gasteiger partial charge < -0.3 is 5.32 Å². The molecule has 0 spiro atoms. The van der Waals surface area contributed by atoms with Crippen LogP contribution in [0.25, 0.3) is 11.7 Å². The van der Waals surface area contributed by atoms with Gasteiger partial charge in [0.1, 0.15) is 15.8 Å². The molecular weight excluding hydrogens is 452 g/mol. The minimum atomic E-state index is -0.236. The molecule has 1 N–H and O–H groups in total. The lowest BCUT2D eigenvalue weighted by Gasteiger charge is -2.18. The Morgan fingerprint density at radius 1 is 1.12 bits per heavy atom. The Balaban J connectivity index is 1.83. The molecule has 1 aliphatic rings. The molecule has 2 aromatic heterocycles. The lowest BCUT2D eigenvalue weighted by Crippen LogP contribution is -2.31. The lowest BCUT2D eigenvalue weighted by molar-refractivity contribution is -0.122. The van der Waals surface area contributed by atoms with E-state index < -0.39 is 0 Å². The average Bonchev–Trinajstić information content (AvgIpc) is 3.04. The summed E-state index contributed by atoms with van der Waals surface area (Å²) in [5.41, 5.74) is 2.64. The van der Waals surface area contributed by atoms with E-state index in [4.69, 9.17) is 17.2 Å². The van der Waals surface area contributed by atoms with Crippen LogP contribution in [0.5, 0.6) is 0 Å². The molecule has 1 aliphatic heterocycles. The number of benzene rings is 1. The van der Waals surface area contributed by atoms with Crippen molar-refractivity contribution in [3.8, 4) is 0 Å². The summed E-state index contributed by atoms with van der Waals surface area (Å²) in [7, 11) is 0. The summed E-state index contributed by atoms with van der Waals surface area (Å²) in [6.07, 6.45) is 3.33. The molecule has 1 saturated heterocycles. The van der Waals surface area contributed by atoms with Crippen LogP contribution >= 0.6 is 24.0 Å². The third-order valence-electron chi connectivity index (χ3n) is 5.43. The fourth-order valence-corrected chi connectivity index (χ4v) is 4.99. The van der Waals surface area contributed by atoms with Crippen LogP contribution in [0.2, 0.25) is 0 Å². The number of nitrogens with one attached hydrogen (secondary N) is 1. The van der Waals surface area contributed by atoms with Gasteiger partial charge in [0.15, 0.2) is 0 Å². The van der Waals surface area contributed by atoms with Crippen molar-refractivity contribution in [2.75, 3.05) is 11.9 Å². The van der Waals surface area contributed by atoms with Gasteiger partial charge in [-0.1, -0.05) is 74.2 Å². The van der Waals surface area contributed by atoms with Gasteiger partial charge in [0, 0.05) is 18.8 Å². The minimum absolute atomic E-state index is 0.0906. The molecule has 4 rings (SSSR count). The van der Waals surface area contributed by atoms with Gasteiger partial charge in [-0.25, -0.2) is 4.98 Å². The zero-order valence-electron chi connectivity index (χ0n) is 19.0. The molecule has 0 radical (unpaired) electrons. The number of anilines is 1. The quantitative estimate of drug-likeness (QED) is 0.396. The van der Waals surface area contributed by atoms with Crippen LogP contribution in [0.15, 0.2) is 58.4 Å². The van der Waals surface area contributed by atoms with E-state index in [-0.39, 0.29) is 23.4 Å². The molecular formula is C25H26N4O2S2. The van der Waals surface area contributed by atoms with Crippen LogP contribution in [-0.4, -0.2) is 31.1 Å². The number of pyridine rings is 1. The Bertz CT molecular complexity index is 1320. The highest BCUT2D eigenvalue weighted by molar-refractivity contribution is 8.26. The fraction of sp³-hybridized carbons (Fsp3) is 0.280. The molecule has 0 saturated carbocycles. The van der Waals surface area contributed by atoms with E-state index in [0.29, 0.717) is 32.8 Å². The number of amides is 1. The number of carbonyl (C=O) groups is 1. The Morgan fingerprint density at radius 2 is 1.85 bits per heavy atom. The number of thioether (sulfide) groups is 1. The van der Waals surface area contributed by atoms with Gasteiger partial charge in [-0.3, -0.25) is 18.9 Å². The van der Waals surface area contributed by atoms with Crippen molar-refractivity contribution in [2.24, 2.45) is 5.92 Å². The van der Waals surface area contributed by atoms with E-state index in [1.54, 1.807) is 17.2 Å². The van der Waals surface area contributed by atoms with Crippen molar-refractivity contribution in [1.29, 1.82) is 0 Å². The maximum atomic E-state index is 13.5. The summed E-state index contributed by atoms with van der Waals surface area (Å²) in [4.78, 5) is 33.4. The van der Waals surface area contributed by atoms with E-state index in [1.807, 2.05) is 70.2 Å². The number of carbonyl (C=O) groups excluding carboxylic acids is 1. The van der Waals surface area contributed by atoms with Gasteiger partial charge >= 0.3 is 0 Å². The van der Waals surface area contributed by atoms with Gasteiger partial charge in [0.25, 0.3) is 11.5 Å².